The third-order valence-corrected chi connectivity index (χ3v) is 8.12. The van der Waals surface area contributed by atoms with Crippen molar-refractivity contribution in [2.24, 2.45) is 0 Å². The third kappa shape index (κ3) is 7.27. The van der Waals surface area contributed by atoms with Crippen LogP contribution in [-0.2, 0) is 22.6 Å². The molecule has 3 aromatic carbocycles. The van der Waals surface area contributed by atoms with Crippen LogP contribution in [0.2, 0.25) is 0 Å². The number of amides is 1. The fourth-order valence-electron chi connectivity index (χ4n) is 5.61. The zero-order chi connectivity index (χ0) is 34.7. The van der Waals surface area contributed by atoms with Gasteiger partial charge in [0.05, 0.1) is 17.8 Å². The standard InChI is InChI=1S/C35H28F4N6O4/c36-24-3-1-2-22(14-24)18-44-19-23(15-27-29(37)8-9-30(38)33(27)39)16-28(34(44)48)31(46)17-32(47)35(49)43-12-10-42(11-13-43)25-4-6-26(7-5-25)45-21-40-20-41-45/h1-9,14,16-17,19-21,46H,10-13,15,18H2. The first-order valence-corrected chi connectivity index (χ1v) is 15.1. The van der Waals surface area contributed by atoms with E-state index < -0.39 is 63.8 Å². The second-order valence-electron chi connectivity index (χ2n) is 11.4. The predicted octanol–water partition coefficient (Wildman–Crippen LogP) is 4.44. The lowest BCUT2D eigenvalue weighted by molar-refractivity contribution is -0.142. The quantitative estimate of drug-likeness (QED) is 0.0810. The highest BCUT2D eigenvalue weighted by molar-refractivity contribution is 6.41. The van der Waals surface area contributed by atoms with Crippen LogP contribution in [0.5, 0.6) is 0 Å². The molecular weight excluding hydrogens is 644 g/mol. The fraction of sp³-hybridized carbons (Fsp3) is 0.171. The first-order chi connectivity index (χ1) is 23.6. The number of aliphatic hydroxyl groups excluding tert-OH is 1. The number of anilines is 1. The lowest BCUT2D eigenvalue weighted by atomic mass is 10.0. The maximum Gasteiger partial charge on any atom is 0.294 e. The van der Waals surface area contributed by atoms with Crippen LogP contribution in [0.15, 0.2) is 96.5 Å². The smallest absolute Gasteiger partial charge is 0.294 e. The lowest BCUT2D eigenvalue weighted by Crippen LogP contribution is -2.50. The second kappa shape index (κ2) is 14.0. The Hall–Kier alpha value is -6.05. The fourth-order valence-corrected chi connectivity index (χ4v) is 5.61. The first kappa shape index (κ1) is 32.9. The summed E-state index contributed by atoms with van der Waals surface area (Å²) >= 11 is 0. The molecule has 49 heavy (non-hydrogen) atoms. The molecule has 0 unspecified atom stereocenters. The van der Waals surface area contributed by atoms with Gasteiger partial charge in [-0.25, -0.2) is 27.2 Å². The van der Waals surface area contributed by atoms with Gasteiger partial charge in [-0.05, 0) is 65.7 Å². The average molecular weight is 673 g/mol. The molecule has 1 N–H and O–H groups in total. The number of hydrogen-bond donors (Lipinski definition) is 1. The number of hydrogen-bond acceptors (Lipinski definition) is 7. The summed E-state index contributed by atoms with van der Waals surface area (Å²) in [6.45, 7) is 1.07. The third-order valence-electron chi connectivity index (χ3n) is 8.12. The highest BCUT2D eigenvalue weighted by Gasteiger charge is 2.26. The van der Waals surface area contributed by atoms with E-state index in [0.29, 0.717) is 30.8 Å². The van der Waals surface area contributed by atoms with Crippen LogP contribution in [0.3, 0.4) is 0 Å². The Labute approximate surface area is 276 Å². The highest BCUT2D eigenvalue weighted by atomic mass is 19.2. The van der Waals surface area contributed by atoms with E-state index in [9.17, 15) is 37.1 Å². The molecule has 250 valence electrons. The van der Waals surface area contributed by atoms with Crippen molar-refractivity contribution in [3.05, 3.63) is 148 Å². The van der Waals surface area contributed by atoms with Crippen molar-refractivity contribution in [1.29, 1.82) is 0 Å². The molecule has 0 radical (unpaired) electrons. The van der Waals surface area contributed by atoms with Gasteiger partial charge in [0, 0.05) is 56.1 Å². The number of aromatic nitrogens is 4. The van der Waals surface area contributed by atoms with E-state index in [2.05, 4.69) is 10.1 Å². The molecule has 10 nitrogen and oxygen atoms in total. The van der Waals surface area contributed by atoms with Gasteiger partial charge in [-0.15, -0.1) is 0 Å². The Morgan fingerprint density at radius 2 is 1.57 bits per heavy atom. The molecule has 3 heterocycles. The number of halogens is 4. The van der Waals surface area contributed by atoms with Crippen LogP contribution in [0.25, 0.3) is 11.4 Å². The summed E-state index contributed by atoms with van der Waals surface area (Å²) in [5.74, 6) is -7.15. The second-order valence-corrected chi connectivity index (χ2v) is 11.4. The van der Waals surface area contributed by atoms with Crippen LogP contribution in [0.4, 0.5) is 23.2 Å². The van der Waals surface area contributed by atoms with Gasteiger partial charge in [0.1, 0.15) is 30.0 Å². The van der Waals surface area contributed by atoms with Gasteiger partial charge in [-0.3, -0.25) is 14.4 Å². The Morgan fingerprint density at radius 1 is 0.857 bits per heavy atom. The molecule has 0 spiro atoms. The minimum Gasteiger partial charge on any atom is -0.507 e. The van der Waals surface area contributed by atoms with Crippen LogP contribution >= 0.6 is 0 Å². The van der Waals surface area contributed by atoms with E-state index in [1.54, 1.807) is 17.1 Å². The van der Waals surface area contributed by atoms with Crippen molar-refractivity contribution in [1.82, 2.24) is 24.2 Å². The van der Waals surface area contributed by atoms with Crippen molar-refractivity contribution in [3.63, 3.8) is 0 Å². The van der Waals surface area contributed by atoms with Gasteiger partial charge in [0.25, 0.3) is 11.5 Å². The van der Waals surface area contributed by atoms with Crippen molar-refractivity contribution in [2.45, 2.75) is 13.0 Å². The van der Waals surface area contributed by atoms with Gasteiger partial charge in [0.15, 0.2) is 11.6 Å². The molecule has 1 fully saturated rings. The topological polar surface area (TPSA) is 114 Å². The molecule has 1 saturated heterocycles. The number of rotatable bonds is 9. The molecule has 6 rings (SSSR count). The van der Waals surface area contributed by atoms with Crippen molar-refractivity contribution < 1.29 is 32.3 Å². The summed E-state index contributed by atoms with van der Waals surface area (Å²) < 4.78 is 59.5. The number of piperazine rings is 1. The predicted molar refractivity (Wildman–Crippen MR) is 171 cm³/mol. The lowest BCUT2D eigenvalue weighted by Gasteiger charge is -2.35. The Bertz CT molecular complexity index is 2110. The molecule has 1 aliphatic heterocycles. The zero-order valence-corrected chi connectivity index (χ0v) is 25.8. The van der Waals surface area contributed by atoms with Crippen molar-refractivity contribution >= 4 is 23.1 Å². The molecule has 0 bridgehead atoms. The number of pyridine rings is 1. The van der Waals surface area contributed by atoms with Gasteiger partial charge in [-0.2, -0.15) is 5.10 Å². The van der Waals surface area contributed by atoms with Gasteiger partial charge < -0.3 is 19.5 Å². The number of carbonyl (C=O) groups excluding carboxylic acids is 2. The molecule has 1 aliphatic rings. The largest absolute Gasteiger partial charge is 0.507 e. The molecule has 0 saturated carbocycles. The summed E-state index contributed by atoms with van der Waals surface area (Å²) in [6, 6.07) is 15.4. The van der Waals surface area contributed by atoms with E-state index in [4.69, 9.17) is 0 Å². The maximum atomic E-state index is 14.5. The molecule has 14 heteroatoms. The Morgan fingerprint density at radius 3 is 2.27 bits per heavy atom. The summed E-state index contributed by atoms with van der Waals surface area (Å²) in [7, 11) is 0. The van der Waals surface area contributed by atoms with E-state index >= 15 is 0 Å². The summed E-state index contributed by atoms with van der Waals surface area (Å²) in [6.07, 6.45) is 4.34. The highest BCUT2D eigenvalue weighted by Crippen LogP contribution is 2.22. The van der Waals surface area contributed by atoms with Crippen LogP contribution in [0, 0.1) is 23.3 Å². The SMILES string of the molecule is O=C(C=C(O)c1cc(Cc2c(F)ccc(F)c2F)cn(Cc2cccc(F)c2)c1=O)C(=O)N1CCN(c2ccc(-n3cncn3)cc2)CC1. The number of nitrogens with zero attached hydrogens (tertiary/aromatic N) is 6. The minimum absolute atomic E-state index is 0.0681. The summed E-state index contributed by atoms with van der Waals surface area (Å²) in [5.41, 5.74) is 0.255. The zero-order valence-electron chi connectivity index (χ0n) is 25.8. The van der Waals surface area contributed by atoms with Gasteiger partial charge in [0.2, 0.25) is 5.78 Å². The van der Waals surface area contributed by atoms with Gasteiger partial charge in [-0.1, -0.05) is 12.1 Å². The molecule has 2 aromatic heterocycles. The Balaban J connectivity index is 1.21. The summed E-state index contributed by atoms with van der Waals surface area (Å²) in [4.78, 5) is 46.8. The molecule has 1 amide bonds. The van der Waals surface area contributed by atoms with E-state index in [-0.39, 0.29) is 25.2 Å². The number of benzene rings is 3. The molecule has 0 atom stereocenters. The monoisotopic (exact) mass is 672 g/mol. The van der Waals surface area contributed by atoms with E-state index in [0.717, 1.165) is 28.1 Å². The Kier molecular flexibility index (Phi) is 9.38. The van der Waals surface area contributed by atoms with Gasteiger partial charge >= 0.3 is 0 Å². The molecule has 0 aliphatic carbocycles. The average Bonchev–Trinajstić information content (AvgIpc) is 3.65. The van der Waals surface area contributed by atoms with Crippen LogP contribution in [0.1, 0.15) is 22.3 Å². The number of ketones is 1. The van der Waals surface area contributed by atoms with Crippen molar-refractivity contribution in [3.8, 4) is 5.69 Å². The van der Waals surface area contributed by atoms with Crippen LogP contribution < -0.4 is 10.5 Å². The van der Waals surface area contributed by atoms with Crippen LogP contribution in [-0.4, -0.2) is 67.2 Å². The van der Waals surface area contributed by atoms with E-state index in [1.807, 2.05) is 29.2 Å². The molecular formula is C35H28F4N6O4. The number of carbonyl (C=O) groups is 2. The molecule has 5 aromatic rings. The first-order valence-electron chi connectivity index (χ1n) is 15.1. The maximum absolute atomic E-state index is 14.5. The summed E-state index contributed by atoms with van der Waals surface area (Å²) in [5, 5.41) is 15.0. The van der Waals surface area contributed by atoms with E-state index in [1.165, 1.54) is 35.6 Å². The van der Waals surface area contributed by atoms with Crippen molar-refractivity contribution in [2.75, 3.05) is 31.1 Å². The number of aliphatic hydroxyl groups is 1. The normalized spacial score (nSPS) is 13.5. The minimum atomic E-state index is -1.42.